The Morgan fingerprint density at radius 3 is 2.60 bits per heavy atom. The molecule has 1 aromatic carbocycles. The minimum atomic E-state index is -3.91. The van der Waals surface area contributed by atoms with Crippen molar-refractivity contribution in [3.8, 4) is 11.4 Å². The zero-order valence-corrected chi connectivity index (χ0v) is 14.1. The number of rotatable bonds is 4. The minimum absolute atomic E-state index is 0.210. The van der Waals surface area contributed by atoms with E-state index in [0.717, 1.165) is 22.0 Å². The lowest BCUT2D eigenvalue weighted by Gasteiger charge is -2.09. The van der Waals surface area contributed by atoms with Crippen LogP contribution in [-0.2, 0) is 15.6 Å². The third kappa shape index (κ3) is 3.05. The molecule has 0 spiro atoms. The van der Waals surface area contributed by atoms with Crippen LogP contribution in [0.3, 0.4) is 0 Å². The first kappa shape index (κ1) is 15.5. The molecule has 0 radical (unpaired) electrons. The highest BCUT2D eigenvalue weighted by atomic mass is 79.9. The number of hydrogen-bond acceptors (Lipinski definition) is 4. The molecular weight excluding hydrogens is 366 g/mol. The molecule has 0 aliphatic heterocycles. The maximum atomic E-state index is 11.5. The van der Waals surface area contributed by atoms with E-state index in [9.17, 15) is 8.42 Å². The molecular formula is C12H13BrClN3O2S. The molecule has 1 heterocycles. The summed E-state index contributed by atoms with van der Waals surface area (Å²) in [7, 11) is 1.50. The van der Waals surface area contributed by atoms with Gasteiger partial charge >= 0.3 is 0 Å². The van der Waals surface area contributed by atoms with Crippen LogP contribution in [0, 0.1) is 6.92 Å². The lowest BCUT2D eigenvalue weighted by atomic mass is 10.1. The van der Waals surface area contributed by atoms with Crippen molar-refractivity contribution in [1.29, 1.82) is 0 Å². The van der Waals surface area contributed by atoms with Gasteiger partial charge in [-0.1, -0.05) is 22.9 Å². The summed E-state index contributed by atoms with van der Waals surface area (Å²) in [6, 6.07) is 5.69. The summed E-state index contributed by atoms with van der Waals surface area (Å²) in [5.41, 5.74) is 1.81. The maximum absolute atomic E-state index is 11.5. The van der Waals surface area contributed by atoms with Crippen molar-refractivity contribution in [2.24, 2.45) is 0 Å². The summed E-state index contributed by atoms with van der Waals surface area (Å²) < 4.78 is 25.6. The van der Waals surface area contributed by atoms with Crippen LogP contribution in [0.25, 0.3) is 11.4 Å². The van der Waals surface area contributed by atoms with Crippen molar-refractivity contribution in [1.82, 2.24) is 14.8 Å². The van der Waals surface area contributed by atoms with Crippen LogP contribution < -0.4 is 0 Å². The van der Waals surface area contributed by atoms with E-state index in [4.69, 9.17) is 10.7 Å². The normalized spacial score (nSPS) is 11.8. The van der Waals surface area contributed by atoms with Gasteiger partial charge in [-0.25, -0.2) is 8.42 Å². The molecule has 0 saturated heterocycles. The standard InChI is InChI=1S/C12H13BrClN3O2S/c1-3-6-17-11(15-16-12(17)20(14,18)19)10-5-4-9(13)7-8(10)2/h4-5,7H,3,6H2,1-2H3. The van der Waals surface area contributed by atoms with Gasteiger partial charge in [0.25, 0.3) is 14.2 Å². The van der Waals surface area contributed by atoms with Crippen molar-refractivity contribution in [2.45, 2.75) is 32.0 Å². The fourth-order valence-electron chi connectivity index (χ4n) is 1.97. The van der Waals surface area contributed by atoms with E-state index in [1.54, 1.807) is 4.57 Å². The molecule has 0 bridgehead atoms. The Labute approximate surface area is 130 Å². The van der Waals surface area contributed by atoms with Gasteiger partial charge in [0.05, 0.1) is 0 Å². The largest absolute Gasteiger partial charge is 0.297 e. The van der Waals surface area contributed by atoms with Crippen LogP contribution in [0.2, 0.25) is 0 Å². The molecule has 5 nitrogen and oxygen atoms in total. The van der Waals surface area contributed by atoms with Gasteiger partial charge in [0.1, 0.15) is 0 Å². The zero-order chi connectivity index (χ0) is 14.9. The number of hydrogen-bond donors (Lipinski definition) is 0. The second-order valence-electron chi connectivity index (χ2n) is 4.35. The van der Waals surface area contributed by atoms with Crippen LogP contribution in [0.15, 0.2) is 27.8 Å². The molecule has 1 aromatic heterocycles. The van der Waals surface area contributed by atoms with Gasteiger partial charge in [-0.3, -0.25) is 4.57 Å². The lowest BCUT2D eigenvalue weighted by molar-refractivity contribution is 0.570. The molecule has 2 aromatic rings. The second-order valence-corrected chi connectivity index (χ2v) is 7.73. The van der Waals surface area contributed by atoms with Gasteiger partial charge in [-0.15, -0.1) is 10.2 Å². The average Bonchev–Trinajstić information content (AvgIpc) is 2.73. The van der Waals surface area contributed by atoms with Crippen LogP contribution in [0.1, 0.15) is 18.9 Å². The minimum Gasteiger partial charge on any atom is -0.297 e. The summed E-state index contributed by atoms with van der Waals surface area (Å²) >= 11 is 3.40. The third-order valence-electron chi connectivity index (χ3n) is 2.81. The molecule has 0 amide bonds. The fraction of sp³-hybridized carbons (Fsp3) is 0.333. The number of halogens is 2. The Balaban J connectivity index is 2.66. The van der Waals surface area contributed by atoms with Crippen molar-refractivity contribution in [3.63, 3.8) is 0 Å². The number of aromatic nitrogens is 3. The Hall–Kier alpha value is -0.920. The van der Waals surface area contributed by atoms with Crippen LogP contribution in [-0.4, -0.2) is 23.2 Å². The van der Waals surface area contributed by atoms with Gasteiger partial charge < -0.3 is 0 Å². The molecule has 20 heavy (non-hydrogen) atoms. The molecule has 8 heteroatoms. The van der Waals surface area contributed by atoms with E-state index < -0.39 is 9.05 Å². The summed E-state index contributed by atoms with van der Waals surface area (Å²) in [4.78, 5) is 0. The van der Waals surface area contributed by atoms with Crippen LogP contribution >= 0.6 is 26.6 Å². The average molecular weight is 379 g/mol. The first-order valence-electron chi connectivity index (χ1n) is 5.99. The maximum Gasteiger partial charge on any atom is 0.296 e. The Bertz CT molecular complexity index is 743. The molecule has 0 saturated carbocycles. The quantitative estimate of drug-likeness (QED) is 0.765. The number of aryl methyl sites for hydroxylation is 1. The summed E-state index contributed by atoms with van der Waals surface area (Å²) in [5.74, 6) is 0.510. The van der Waals surface area contributed by atoms with Crippen LogP contribution in [0.5, 0.6) is 0 Å². The van der Waals surface area contributed by atoms with Gasteiger partial charge in [-0.05, 0) is 37.1 Å². The topological polar surface area (TPSA) is 64.8 Å². The summed E-state index contributed by atoms with van der Waals surface area (Å²) in [5, 5.41) is 7.51. The predicted molar refractivity (Wildman–Crippen MR) is 81.2 cm³/mol. The van der Waals surface area contributed by atoms with E-state index in [0.29, 0.717) is 12.4 Å². The van der Waals surface area contributed by atoms with Gasteiger partial charge in [-0.2, -0.15) is 0 Å². The van der Waals surface area contributed by atoms with Crippen LogP contribution in [0.4, 0.5) is 0 Å². The van der Waals surface area contributed by atoms with Crippen molar-refractivity contribution in [2.75, 3.05) is 0 Å². The van der Waals surface area contributed by atoms with Gasteiger partial charge in [0.2, 0.25) is 0 Å². The first-order chi connectivity index (χ1) is 9.34. The van der Waals surface area contributed by atoms with E-state index in [-0.39, 0.29) is 5.16 Å². The zero-order valence-electron chi connectivity index (χ0n) is 11.0. The smallest absolute Gasteiger partial charge is 0.296 e. The first-order valence-corrected chi connectivity index (χ1v) is 9.09. The molecule has 0 unspecified atom stereocenters. The summed E-state index contributed by atoms with van der Waals surface area (Å²) in [6.45, 7) is 4.36. The van der Waals surface area contributed by atoms with Crippen molar-refractivity contribution in [3.05, 3.63) is 28.2 Å². The Kier molecular flexibility index (Phi) is 4.51. The molecule has 108 valence electrons. The lowest BCUT2D eigenvalue weighted by Crippen LogP contribution is -2.08. The molecule has 0 fully saturated rings. The summed E-state index contributed by atoms with van der Waals surface area (Å²) in [6.07, 6.45) is 0.750. The van der Waals surface area contributed by atoms with E-state index in [1.165, 1.54) is 0 Å². The molecule has 0 aliphatic carbocycles. The molecule has 2 rings (SSSR count). The predicted octanol–water partition coefficient (Wildman–Crippen LogP) is 3.35. The van der Waals surface area contributed by atoms with Gasteiger partial charge in [0.15, 0.2) is 5.82 Å². The number of nitrogens with zero attached hydrogens (tertiary/aromatic N) is 3. The Morgan fingerprint density at radius 1 is 1.35 bits per heavy atom. The number of benzene rings is 1. The monoisotopic (exact) mass is 377 g/mol. The third-order valence-corrected chi connectivity index (χ3v) is 4.46. The molecule has 0 atom stereocenters. The van der Waals surface area contributed by atoms with E-state index in [1.807, 2.05) is 32.0 Å². The highest BCUT2D eigenvalue weighted by Gasteiger charge is 2.23. The van der Waals surface area contributed by atoms with E-state index >= 15 is 0 Å². The highest BCUT2D eigenvalue weighted by molar-refractivity contribution is 9.10. The Morgan fingerprint density at radius 2 is 2.05 bits per heavy atom. The SMILES string of the molecule is CCCn1c(-c2ccc(Br)cc2C)nnc1S(=O)(=O)Cl. The van der Waals surface area contributed by atoms with Crippen molar-refractivity contribution >= 4 is 35.7 Å². The highest BCUT2D eigenvalue weighted by Crippen LogP contribution is 2.27. The van der Waals surface area contributed by atoms with Crippen molar-refractivity contribution < 1.29 is 8.42 Å². The second kappa shape index (κ2) is 5.83. The fourth-order valence-corrected chi connectivity index (χ4v) is 3.37. The van der Waals surface area contributed by atoms with E-state index in [2.05, 4.69) is 26.1 Å². The molecule has 0 N–H and O–H groups in total. The van der Waals surface area contributed by atoms with Gasteiger partial charge in [0, 0.05) is 27.3 Å². The molecule has 0 aliphatic rings.